The molecule has 0 aliphatic rings. The SMILES string of the molecule is C#CCCCC(NCC)c1cc(C)nnc1C. The first kappa shape index (κ1) is 13.7. The van der Waals surface area contributed by atoms with Gasteiger partial charge in [-0.1, -0.05) is 6.92 Å². The molecule has 3 heteroatoms. The standard InChI is InChI=1S/C14H21N3/c1-5-7-8-9-14(15-6-2)13-10-11(3)16-17-12(13)4/h1,10,14-15H,6-9H2,2-4H3. The van der Waals surface area contributed by atoms with E-state index >= 15 is 0 Å². The molecule has 1 N–H and O–H groups in total. The number of nitrogens with zero attached hydrogens (tertiary/aromatic N) is 2. The molecule has 3 nitrogen and oxygen atoms in total. The molecule has 0 aliphatic heterocycles. The van der Waals surface area contributed by atoms with E-state index in [-0.39, 0.29) is 0 Å². The highest BCUT2D eigenvalue weighted by Crippen LogP contribution is 2.21. The van der Waals surface area contributed by atoms with Gasteiger partial charge in [-0.15, -0.1) is 12.3 Å². The highest BCUT2D eigenvalue weighted by molar-refractivity contribution is 5.23. The summed E-state index contributed by atoms with van der Waals surface area (Å²) in [6, 6.07) is 2.45. The van der Waals surface area contributed by atoms with Gasteiger partial charge in [0, 0.05) is 12.5 Å². The Labute approximate surface area is 104 Å². The second-order valence-electron chi connectivity index (χ2n) is 4.23. The molecule has 0 fully saturated rings. The summed E-state index contributed by atoms with van der Waals surface area (Å²) in [4.78, 5) is 0. The molecule has 0 amide bonds. The van der Waals surface area contributed by atoms with Gasteiger partial charge in [-0.3, -0.25) is 0 Å². The molecule has 1 aromatic rings. The van der Waals surface area contributed by atoms with Gasteiger partial charge >= 0.3 is 0 Å². The van der Waals surface area contributed by atoms with Crippen molar-refractivity contribution in [3.8, 4) is 12.3 Å². The van der Waals surface area contributed by atoms with Crippen LogP contribution in [0.3, 0.4) is 0 Å². The summed E-state index contributed by atoms with van der Waals surface area (Å²) in [6.45, 7) is 7.04. The van der Waals surface area contributed by atoms with Gasteiger partial charge in [-0.25, -0.2) is 0 Å². The van der Waals surface area contributed by atoms with E-state index in [0.29, 0.717) is 6.04 Å². The summed E-state index contributed by atoms with van der Waals surface area (Å²) in [5.41, 5.74) is 3.21. The summed E-state index contributed by atoms with van der Waals surface area (Å²) in [5.74, 6) is 2.69. The van der Waals surface area contributed by atoms with Gasteiger partial charge in [0.1, 0.15) is 0 Å². The Morgan fingerprint density at radius 3 is 2.82 bits per heavy atom. The van der Waals surface area contributed by atoms with E-state index in [1.807, 2.05) is 13.8 Å². The fourth-order valence-electron chi connectivity index (χ4n) is 1.94. The fourth-order valence-corrected chi connectivity index (χ4v) is 1.94. The van der Waals surface area contributed by atoms with Crippen molar-refractivity contribution in [1.82, 2.24) is 15.5 Å². The molecule has 1 aromatic heterocycles. The molecule has 92 valence electrons. The van der Waals surface area contributed by atoms with E-state index < -0.39 is 0 Å². The largest absolute Gasteiger partial charge is 0.310 e. The van der Waals surface area contributed by atoms with Crippen LogP contribution in [0.4, 0.5) is 0 Å². The molecule has 0 radical (unpaired) electrons. The van der Waals surface area contributed by atoms with E-state index in [4.69, 9.17) is 6.42 Å². The zero-order chi connectivity index (χ0) is 12.7. The average molecular weight is 231 g/mol. The van der Waals surface area contributed by atoms with Crippen LogP contribution < -0.4 is 5.32 Å². The van der Waals surface area contributed by atoms with Crippen molar-refractivity contribution in [2.24, 2.45) is 0 Å². The van der Waals surface area contributed by atoms with Crippen LogP contribution in [0.2, 0.25) is 0 Å². The number of aryl methyl sites for hydroxylation is 2. The minimum Gasteiger partial charge on any atom is -0.310 e. The van der Waals surface area contributed by atoms with Gasteiger partial charge in [0.25, 0.3) is 0 Å². The van der Waals surface area contributed by atoms with Crippen LogP contribution in [0.25, 0.3) is 0 Å². The molecule has 0 saturated carbocycles. The summed E-state index contributed by atoms with van der Waals surface area (Å²) >= 11 is 0. The highest BCUT2D eigenvalue weighted by Gasteiger charge is 2.13. The normalized spacial score (nSPS) is 12.1. The van der Waals surface area contributed by atoms with Gasteiger partial charge in [0.05, 0.1) is 11.4 Å². The van der Waals surface area contributed by atoms with E-state index in [9.17, 15) is 0 Å². The van der Waals surface area contributed by atoms with Crippen LogP contribution in [0.5, 0.6) is 0 Å². The molecule has 0 spiro atoms. The van der Waals surface area contributed by atoms with Gasteiger partial charge in [0.2, 0.25) is 0 Å². The Morgan fingerprint density at radius 2 is 2.18 bits per heavy atom. The minimum absolute atomic E-state index is 0.336. The zero-order valence-electron chi connectivity index (χ0n) is 11.0. The van der Waals surface area contributed by atoms with Crippen molar-refractivity contribution in [2.45, 2.75) is 46.1 Å². The first-order valence-electron chi connectivity index (χ1n) is 6.16. The van der Waals surface area contributed by atoms with Crippen LogP contribution >= 0.6 is 0 Å². The Bertz CT molecular complexity index is 393. The fraction of sp³-hybridized carbons (Fsp3) is 0.571. The summed E-state index contributed by atoms with van der Waals surface area (Å²) in [5, 5.41) is 11.7. The maximum Gasteiger partial charge on any atom is 0.0648 e. The molecule has 17 heavy (non-hydrogen) atoms. The van der Waals surface area contributed by atoms with Crippen LogP contribution in [0, 0.1) is 26.2 Å². The lowest BCUT2D eigenvalue weighted by atomic mass is 9.99. The van der Waals surface area contributed by atoms with Crippen LogP contribution in [-0.4, -0.2) is 16.7 Å². The Kier molecular flexibility index (Phi) is 5.65. The van der Waals surface area contributed by atoms with E-state index in [2.05, 4.69) is 34.4 Å². The summed E-state index contributed by atoms with van der Waals surface area (Å²) in [7, 11) is 0. The second kappa shape index (κ2) is 7.03. The third-order valence-corrected chi connectivity index (χ3v) is 2.78. The maximum atomic E-state index is 5.29. The molecular weight excluding hydrogens is 210 g/mol. The number of terminal acetylenes is 1. The van der Waals surface area contributed by atoms with Crippen molar-refractivity contribution in [3.63, 3.8) is 0 Å². The van der Waals surface area contributed by atoms with Crippen molar-refractivity contribution in [2.75, 3.05) is 6.54 Å². The number of aromatic nitrogens is 2. The van der Waals surface area contributed by atoms with Gasteiger partial charge in [-0.2, -0.15) is 10.2 Å². The lowest BCUT2D eigenvalue weighted by molar-refractivity contribution is 0.496. The molecule has 0 aliphatic carbocycles. The van der Waals surface area contributed by atoms with E-state index in [1.165, 1.54) is 5.56 Å². The molecule has 1 unspecified atom stereocenters. The maximum absolute atomic E-state index is 5.29. The van der Waals surface area contributed by atoms with Crippen molar-refractivity contribution >= 4 is 0 Å². The number of hydrogen-bond donors (Lipinski definition) is 1. The summed E-state index contributed by atoms with van der Waals surface area (Å²) in [6.07, 6.45) is 8.20. The third-order valence-electron chi connectivity index (χ3n) is 2.78. The molecular formula is C14H21N3. The molecule has 1 atom stereocenters. The van der Waals surface area contributed by atoms with Crippen LogP contribution in [-0.2, 0) is 0 Å². The number of unbranched alkanes of at least 4 members (excludes halogenated alkanes) is 1. The van der Waals surface area contributed by atoms with Crippen molar-refractivity contribution in [3.05, 3.63) is 23.0 Å². The smallest absolute Gasteiger partial charge is 0.0648 e. The Balaban J connectivity index is 2.81. The Hall–Kier alpha value is -1.40. The van der Waals surface area contributed by atoms with Crippen molar-refractivity contribution < 1.29 is 0 Å². The molecule has 0 aromatic carbocycles. The van der Waals surface area contributed by atoms with Gasteiger partial charge in [0.15, 0.2) is 0 Å². The predicted octanol–water partition coefficient (Wildman–Crippen LogP) is 2.55. The summed E-state index contributed by atoms with van der Waals surface area (Å²) < 4.78 is 0. The quantitative estimate of drug-likeness (QED) is 0.604. The Morgan fingerprint density at radius 1 is 1.41 bits per heavy atom. The number of rotatable bonds is 6. The second-order valence-corrected chi connectivity index (χ2v) is 4.23. The van der Waals surface area contributed by atoms with Gasteiger partial charge < -0.3 is 5.32 Å². The zero-order valence-corrected chi connectivity index (χ0v) is 11.0. The first-order valence-corrected chi connectivity index (χ1v) is 6.16. The van der Waals surface area contributed by atoms with E-state index in [1.54, 1.807) is 0 Å². The predicted molar refractivity (Wildman–Crippen MR) is 70.6 cm³/mol. The molecule has 0 saturated heterocycles. The lowest BCUT2D eigenvalue weighted by Crippen LogP contribution is -2.22. The number of nitrogens with one attached hydrogen (secondary N) is 1. The first-order chi connectivity index (χ1) is 8.19. The molecule has 0 bridgehead atoms. The third kappa shape index (κ3) is 4.16. The lowest BCUT2D eigenvalue weighted by Gasteiger charge is -2.19. The minimum atomic E-state index is 0.336. The average Bonchev–Trinajstić information content (AvgIpc) is 2.32. The highest BCUT2D eigenvalue weighted by atomic mass is 15.1. The molecule has 1 heterocycles. The van der Waals surface area contributed by atoms with Crippen LogP contribution in [0.1, 0.15) is 49.2 Å². The van der Waals surface area contributed by atoms with E-state index in [0.717, 1.165) is 37.2 Å². The topological polar surface area (TPSA) is 37.8 Å². The monoisotopic (exact) mass is 231 g/mol. The van der Waals surface area contributed by atoms with Gasteiger partial charge in [-0.05, 0) is 44.9 Å². The van der Waals surface area contributed by atoms with Crippen LogP contribution in [0.15, 0.2) is 6.07 Å². The van der Waals surface area contributed by atoms with Crippen molar-refractivity contribution in [1.29, 1.82) is 0 Å². The number of hydrogen-bond acceptors (Lipinski definition) is 3. The molecule has 1 rings (SSSR count).